The van der Waals surface area contributed by atoms with Crippen molar-refractivity contribution in [2.24, 2.45) is 7.05 Å². The van der Waals surface area contributed by atoms with Gasteiger partial charge in [0.15, 0.2) is 0 Å². The molecule has 2 aromatic heterocycles. The van der Waals surface area contributed by atoms with Gasteiger partial charge in [-0.3, -0.25) is 13.9 Å². The van der Waals surface area contributed by atoms with Gasteiger partial charge in [-0.2, -0.15) is 0 Å². The van der Waals surface area contributed by atoms with Gasteiger partial charge in [0.2, 0.25) is 0 Å². The molecule has 25 heavy (non-hydrogen) atoms. The molecule has 0 bridgehead atoms. The number of thioether (sulfide) groups is 1. The van der Waals surface area contributed by atoms with Crippen molar-refractivity contribution < 1.29 is 9.90 Å². The standard InChI is InChI=1S/C16H13ClN2O4S2/c1-18-14-11(8-12(25-14)15(21)22)13(20)19(16(18)23)6-7-24-10-4-2-9(17)3-5-10/h2-5,8H,6-7H2,1H3,(H,21,22). The minimum absolute atomic E-state index is 0.0374. The summed E-state index contributed by atoms with van der Waals surface area (Å²) >= 11 is 8.27. The van der Waals surface area contributed by atoms with Crippen molar-refractivity contribution in [3.63, 3.8) is 0 Å². The van der Waals surface area contributed by atoms with Crippen molar-refractivity contribution in [1.29, 1.82) is 0 Å². The smallest absolute Gasteiger partial charge is 0.345 e. The highest BCUT2D eigenvalue weighted by molar-refractivity contribution is 7.99. The predicted molar refractivity (Wildman–Crippen MR) is 100 cm³/mol. The molecule has 0 saturated heterocycles. The number of hydrogen-bond donors (Lipinski definition) is 1. The van der Waals surface area contributed by atoms with Crippen LogP contribution in [0.25, 0.3) is 10.2 Å². The lowest BCUT2D eigenvalue weighted by molar-refractivity contribution is 0.0702. The molecule has 3 rings (SSSR count). The maximum absolute atomic E-state index is 12.6. The van der Waals surface area contributed by atoms with Gasteiger partial charge in [0.25, 0.3) is 5.56 Å². The van der Waals surface area contributed by atoms with Crippen molar-refractivity contribution >= 4 is 50.9 Å². The van der Waals surface area contributed by atoms with Crippen LogP contribution in [0.15, 0.2) is 44.8 Å². The van der Waals surface area contributed by atoms with E-state index in [2.05, 4.69) is 0 Å². The first-order valence-corrected chi connectivity index (χ1v) is 9.41. The molecule has 130 valence electrons. The van der Waals surface area contributed by atoms with Crippen LogP contribution in [0.3, 0.4) is 0 Å². The summed E-state index contributed by atoms with van der Waals surface area (Å²) in [5.41, 5.74) is -0.911. The van der Waals surface area contributed by atoms with E-state index in [4.69, 9.17) is 16.7 Å². The summed E-state index contributed by atoms with van der Waals surface area (Å²) < 4.78 is 2.46. The fourth-order valence-electron chi connectivity index (χ4n) is 2.37. The minimum atomic E-state index is -1.11. The Hall–Kier alpha value is -2.03. The highest BCUT2D eigenvalue weighted by atomic mass is 35.5. The van der Waals surface area contributed by atoms with Crippen LogP contribution in [0.2, 0.25) is 5.02 Å². The normalized spacial score (nSPS) is 11.1. The zero-order valence-electron chi connectivity index (χ0n) is 13.1. The number of aromatic nitrogens is 2. The molecular formula is C16H13ClN2O4S2. The van der Waals surface area contributed by atoms with Crippen LogP contribution in [-0.2, 0) is 13.6 Å². The second-order valence-electron chi connectivity index (χ2n) is 5.24. The highest BCUT2D eigenvalue weighted by Crippen LogP contribution is 2.22. The quantitative estimate of drug-likeness (QED) is 0.670. The second kappa shape index (κ2) is 7.07. The fourth-order valence-corrected chi connectivity index (χ4v) is 4.28. The minimum Gasteiger partial charge on any atom is -0.477 e. The molecule has 0 aliphatic rings. The monoisotopic (exact) mass is 396 g/mol. The molecule has 2 heterocycles. The lowest BCUT2D eigenvalue weighted by Crippen LogP contribution is -2.39. The van der Waals surface area contributed by atoms with Gasteiger partial charge in [0.1, 0.15) is 9.71 Å². The summed E-state index contributed by atoms with van der Waals surface area (Å²) in [5.74, 6) is -0.587. The van der Waals surface area contributed by atoms with Crippen LogP contribution in [0.1, 0.15) is 9.67 Å². The number of halogens is 1. The van der Waals surface area contributed by atoms with Crippen LogP contribution in [-0.4, -0.2) is 26.0 Å². The van der Waals surface area contributed by atoms with Gasteiger partial charge >= 0.3 is 11.7 Å². The molecule has 3 aromatic rings. The molecule has 6 nitrogen and oxygen atoms in total. The predicted octanol–water partition coefficient (Wildman–Crippen LogP) is 2.91. The number of benzene rings is 1. The van der Waals surface area contributed by atoms with E-state index in [0.29, 0.717) is 15.6 Å². The van der Waals surface area contributed by atoms with E-state index >= 15 is 0 Å². The molecule has 0 fully saturated rings. The van der Waals surface area contributed by atoms with E-state index in [1.807, 2.05) is 12.1 Å². The number of carboxylic acids is 1. The Morgan fingerprint density at radius 3 is 2.60 bits per heavy atom. The molecule has 0 amide bonds. The summed E-state index contributed by atoms with van der Waals surface area (Å²) in [7, 11) is 1.54. The van der Waals surface area contributed by atoms with E-state index in [-0.39, 0.29) is 16.8 Å². The number of hydrogen-bond acceptors (Lipinski definition) is 5. The maximum Gasteiger partial charge on any atom is 0.345 e. The molecule has 0 aliphatic carbocycles. The highest BCUT2D eigenvalue weighted by Gasteiger charge is 2.17. The molecule has 0 saturated carbocycles. The van der Waals surface area contributed by atoms with Crippen LogP contribution in [0.5, 0.6) is 0 Å². The first-order valence-electron chi connectivity index (χ1n) is 7.23. The van der Waals surface area contributed by atoms with Crippen molar-refractivity contribution in [2.75, 3.05) is 5.75 Å². The van der Waals surface area contributed by atoms with Gasteiger partial charge in [-0.05, 0) is 30.3 Å². The Balaban J connectivity index is 1.90. The first kappa shape index (κ1) is 17.8. The topological polar surface area (TPSA) is 81.3 Å². The molecule has 0 unspecified atom stereocenters. The van der Waals surface area contributed by atoms with E-state index < -0.39 is 17.2 Å². The molecule has 0 spiro atoms. The van der Waals surface area contributed by atoms with Crippen molar-refractivity contribution in [3.8, 4) is 0 Å². The Labute approximate surface area is 155 Å². The fraction of sp³-hybridized carbons (Fsp3) is 0.188. The number of aromatic carboxylic acids is 1. The van der Waals surface area contributed by atoms with Gasteiger partial charge in [-0.25, -0.2) is 9.59 Å². The molecule has 9 heteroatoms. The van der Waals surface area contributed by atoms with E-state index in [1.165, 1.54) is 29.4 Å². The zero-order chi connectivity index (χ0) is 18.1. The molecular weight excluding hydrogens is 384 g/mol. The van der Waals surface area contributed by atoms with Crippen LogP contribution >= 0.6 is 34.7 Å². The van der Waals surface area contributed by atoms with Gasteiger partial charge in [-0.1, -0.05) is 11.6 Å². The number of nitrogens with zero attached hydrogens (tertiary/aromatic N) is 2. The summed E-state index contributed by atoms with van der Waals surface area (Å²) in [4.78, 5) is 37.5. The Bertz CT molecular complexity index is 1070. The van der Waals surface area contributed by atoms with Gasteiger partial charge in [0, 0.05) is 29.3 Å². The van der Waals surface area contributed by atoms with Gasteiger partial charge in [0.05, 0.1) is 5.39 Å². The molecule has 0 aliphatic heterocycles. The van der Waals surface area contributed by atoms with Crippen molar-refractivity contribution in [1.82, 2.24) is 9.13 Å². The summed E-state index contributed by atoms with van der Waals surface area (Å²) in [6.45, 7) is 0.229. The summed E-state index contributed by atoms with van der Waals surface area (Å²) in [6, 6.07) is 8.62. The Morgan fingerprint density at radius 1 is 1.28 bits per heavy atom. The number of carbonyl (C=O) groups is 1. The average Bonchev–Trinajstić information content (AvgIpc) is 3.04. The largest absolute Gasteiger partial charge is 0.477 e. The van der Waals surface area contributed by atoms with Crippen molar-refractivity contribution in [2.45, 2.75) is 11.4 Å². The number of aryl methyl sites for hydroxylation is 1. The second-order valence-corrected chi connectivity index (χ2v) is 7.87. The van der Waals surface area contributed by atoms with Gasteiger partial charge in [-0.15, -0.1) is 23.1 Å². The van der Waals surface area contributed by atoms with Gasteiger partial charge < -0.3 is 5.11 Å². The van der Waals surface area contributed by atoms with Crippen LogP contribution in [0.4, 0.5) is 0 Å². The van der Waals surface area contributed by atoms with Crippen LogP contribution < -0.4 is 11.2 Å². The maximum atomic E-state index is 12.6. The number of thiophene rings is 1. The third-order valence-corrected chi connectivity index (χ3v) is 6.06. The number of carboxylic acid groups (broad SMARTS) is 1. The third-order valence-electron chi connectivity index (χ3n) is 3.62. The molecule has 1 N–H and O–H groups in total. The number of fused-ring (bicyclic) bond motifs is 1. The van der Waals surface area contributed by atoms with Crippen molar-refractivity contribution in [3.05, 3.63) is 61.1 Å². The molecule has 1 aromatic carbocycles. The SMILES string of the molecule is Cn1c(=O)n(CCSc2ccc(Cl)cc2)c(=O)c2cc(C(=O)O)sc21. The first-order chi connectivity index (χ1) is 11.9. The Morgan fingerprint density at radius 2 is 1.96 bits per heavy atom. The molecule has 0 atom stereocenters. The lowest BCUT2D eigenvalue weighted by atomic mass is 10.3. The summed E-state index contributed by atoms with van der Waals surface area (Å²) in [6.07, 6.45) is 0. The van der Waals surface area contributed by atoms with E-state index in [0.717, 1.165) is 20.8 Å². The third kappa shape index (κ3) is 3.51. The van der Waals surface area contributed by atoms with E-state index in [9.17, 15) is 14.4 Å². The number of rotatable bonds is 5. The Kier molecular flexibility index (Phi) is 5.03. The average molecular weight is 397 g/mol. The van der Waals surface area contributed by atoms with Crippen LogP contribution in [0, 0.1) is 0 Å². The van der Waals surface area contributed by atoms with E-state index in [1.54, 1.807) is 12.1 Å². The lowest BCUT2D eigenvalue weighted by Gasteiger charge is -2.08. The molecule has 0 radical (unpaired) electrons. The zero-order valence-corrected chi connectivity index (χ0v) is 15.5. The summed E-state index contributed by atoms with van der Waals surface area (Å²) in [5, 5.41) is 9.99.